The Bertz CT molecular complexity index is 598. The predicted octanol–water partition coefficient (Wildman–Crippen LogP) is 3.46. The highest BCUT2D eigenvalue weighted by Crippen LogP contribution is 2.21. The van der Waals surface area contributed by atoms with Crippen molar-refractivity contribution in [2.45, 2.75) is 13.3 Å². The van der Waals surface area contributed by atoms with Gasteiger partial charge in [-0.3, -0.25) is 0 Å². The number of thiazole rings is 1. The van der Waals surface area contributed by atoms with E-state index in [1.807, 2.05) is 12.3 Å². The topological polar surface area (TPSA) is 62.2 Å². The van der Waals surface area contributed by atoms with Crippen LogP contribution in [0, 0.1) is 6.92 Å². The lowest BCUT2D eigenvalue weighted by Crippen LogP contribution is -2.05. The van der Waals surface area contributed by atoms with Crippen LogP contribution in [0.5, 0.6) is 0 Å². The van der Waals surface area contributed by atoms with Crippen LogP contribution < -0.4 is 5.32 Å². The normalized spacial score (nSPS) is 10.4. The number of carboxylic acids is 1. The van der Waals surface area contributed by atoms with Gasteiger partial charge in [0, 0.05) is 29.7 Å². The predicted molar refractivity (Wildman–Crippen MR) is 77.5 cm³/mol. The van der Waals surface area contributed by atoms with E-state index in [9.17, 15) is 4.79 Å². The van der Waals surface area contributed by atoms with E-state index in [2.05, 4.69) is 10.3 Å². The molecule has 0 amide bonds. The second-order valence-electron chi connectivity index (χ2n) is 4.06. The molecular weight excluding hydrogens is 284 g/mol. The molecule has 2 rings (SSSR count). The number of halogens is 1. The van der Waals surface area contributed by atoms with Gasteiger partial charge in [0.1, 0.15) is 0 Å². The first kappa shape index (κ1) is 13.8. The molecule has 0 spiro atoms. The lowest BCUT2D eigenvalue weighted by atomic mass is 10.2. The molecule has 0 saturated heterocycles. The molecule has 100 valence electrons. The Hall–Kier alpha value is -1.59. The van der Waals surface area contributed by atoms with Crippen molar-refractivity contribution in [1.29, 1.82) is 0 Å². The van der Waals surface area contributed by atoms with Crippen LogP contribution in [-0.2, 0) is 6.42 Å². The Morgan fingerprint density at radius 3 is 2.89 bits per heavy atom. The molecule has 1 heterocycles. The standard InChI is InChI=1S/C13H13ClN2O2S/c1-8-7-19-12(16-8)4-5-15-9-2-3-10(13(17)18)11(14)6-9/h2-3,6-7,15H,4-5H2,1H3,(H,17,18). The highest BCUT2D eigenvalue weighted by atomic mass is 35.5. The minimum absolute atomic E-state index is 0.114. The molecule has 4 nitrogen and oxygen atoms in total. The summed E-state index contributed by atoms with van der Waals surface area (Å²) in [6.07, 6.45) is 0.830. The van der Waals surface area contributed by atoms with Crippen LogP contribution in [0.15, 0.2) is 23.6 Å². The monoisotopic (exact) mass is 296 g/mol. The highest BCUT2D eigenvalue weighted by molar-refractivity contribution is 7.09. The zero-order chi connectivity index (χ0) is 13.8. The summed E-state index contributed by atoms with van der Waals surface area (Å²) in [4.78, 5) is 15.2. The van der Waals surface area contributed by atoms with E-state index in [0.717, 1.165) is 29.4 Å². The molecule has 0 saturated carbocycles. The maximum atomic E-state index is 10.8. The summed E-state index contributed by atoms with van der Waals surface area (Å²) in [6.45, 7) is 2.70. The summed E-state index contributed by atoms with van der Waals surface area (Å²) < 4.78 is 0. The van der Waals surface area contributed by atoms with E-state index in [0.29, 0.717) is 0 Å². The van der Waals surface area contributed by atoms with Crippen molar-refractivity contribution in [3.05, 3.63) is 44.9 Å². The first-order valence-electron chi connectivity index (χ1n) is 5.74. The van der Waals surface area contributed by atoms with Crippen molar-refractivity contribution >= 4 is 34.6 Å². The molecule has 0 fully saturated rings. The Labute approximate surface area is 120 Å². The molecule has 6 heteroatoms. The van der Waals surface area contributed by atoms with Crippen LogP contribution in [0.25, 0.3) is 0 Å². The molecule has 0 aliphatic heterocycles. The molecule has 1 aromatic carbocycles. The number of nitrogens with zero attached hydrogens (tertiary/aromatic N) is 1. The molecule has 1 aromatic heterocycles. The van der Waals surface area contributed by atoms with Gasteiger partial charge in [-0.2, -0.15) is 0 Å². The second-order valence-corrected chi connectivity index (χ2v) is 5.41. The van der Waals surface area contributed by atoms with Crippen molar-refractivity contribution in [1.82, 2.24) is 4.98 Å². The quantitative estimate of drug-likeness (QED) is 0.887. The van der Waals surface area contributed by atoms with Gasteiger partial charge in [0.2, 0.25) is 0 Å². The number of carboxylic acid groups (broad SMARTS) is 1. The van der Waals surface area contributed by atoms with Gasteiger partial charge >= 0.3 is 5.97 Å². The van der Waals surface area contributed by atoms with Crippen molar-refractivity contribution < 1.29 is 9.90 Å². The molecule has 2 N–H and O–H groups in total. The smallest absolute Gasteiger partial charge is 0.337 e. The SMILES string of the molecule is Cc1csc(CCNc2ccc(C(=O)O)c(Cl)c2)n1. The first-order valence-corrected chi connectivity index (χ1v) is 7.00. The fourth-order valence-corrected chi connectivity index (χ4v) is 2.67. The zero-order valence-corrected chi connectivity index (χ0v) is 11.9. The van der Waals surface area contributed by atoms with Crippen LogP contribution in [0.3, 0.4) is 0 Å². The maximum Gasteiger partial charge on any atom is 0.337 e. The van der Waals surface area contributed by atoms with Crippen LogP contribution >= 0.6 is 22.9 Å². The van der Waals surface area contributed by atoms with Crippen LogP contribution in [0.4, 0.5) is 5.69 Å². The molecule has 19 heavy (non-hydrogen) atoms. The van der Waals surface area contributed by atoms with Crippen molar-refractivity contribution in [2.75, 3.05) is 11.9 Å². The number of benzene rings is 1. The average molecular weight is 297 g/mol. The summed E-state index contributed by atoms with van der Waals surface area (Å²) in [5.41, 5.74) is 1.96. The number of hydrogen-bond donors (Lipinski definition) is 2. The minimum atomic E-state index is -1.02. The van der Waals surface area contributed by atoms with E-state index in [1.165, 1.54) is 6.07 Å². The lowest BCUT2D eigenvalue weighted by molar-refractivity contribution is 0.0697. The molecule has 0 bridgehead atoms. The van der Waals surface area contributed by atoms with E-state index in [-0.39, 0.29) is 10.6 Å². The number of anilines is 1. The fraction of sp³-hybridized carbons (Fsp3) is 0.231. The van der Waals surface area contributed by atoms with Gasteiger partial charge < -0.3 is 10.4 Å². The Kier molecular flexibility index (Phi) is 4.39. The number of aromatic carboxylic acids is 1. The summed E-state index contributed by atoms with van der Waals surface area (Å²) >= 11 is 7.53. The Morgan fingerprint density at radius 2 is 2.32 bits per heavy atom. The van der Waals surface area contributed by atoms with Gasteiger partial charge in [-0.1, -0.05) is 11.6 Å². The summed E-state index contributed by atoms with van der Waals surface area (Å²) in [5, 5.41) is 15.4. The van der Waals surface area contributed by atoms with Crippen LogP contribution in [-0.4, -0.2) is 22.6 Å². The van der Waals surface area contributed by atoms with E-state index in [1.54, 1.807) is 23.5 Å². The second kappa shape index (κ2) is 6.04. The van der Waals surface area contributed by atoms with Gasteiger partial charge in [-0.25, -0.2) is 9.78 Å². The van der Waals surface area contributed by atoms with Gasteiger partial charge in [0.15, 0.2) is 0 Å². The highest BCUT2D eigenvalue weighted by Gasteiger charge is 2.08. The average Bonchev–Trinajstić information content (AvgIpc) is 2.75. The number of aromatic nitrogens is 1. The molecule has 0 aliphatic rings. The zero-order valence-electron chi connectivity index (χ0n) is 10.3. The van der Waals surface area contributed by atoms with Gasteiger partial charge in [0.05, 0.1) is 15.6 Å². The van der Waals surface area contributed by atoms with Gasteiger partial charge in [0.25, 0.3) is 0 Å². The molecule has 2 aromatic rings. The summed E-state index contributed by atoms with van der Waals surface area (Å²) in [6, 6.07) is 4.83. The van der Waals surface area contributed by atoms with E-state index < -0.39 is 5.97 Å². The molecule has 0 aliphatic carbocycles. The number of carbonyl (C=O) groups is 1. The third-order valence-electron chi connectivity index (χ3n) is 2.53. The fourth-order valence-electron chi connectivity index (χ4n) is 1.63. The van der Waals surface area contributed by atoms with Gasteiger partial charge in [-0.15, -0.1) is 11.3 Å². The maximum absolute atomic E-state index is 10.8. The molecular formula is C13H13ClN2O2S. The van der Waals surface area contributed by atoms with Crippen LogP contribution in [0.1, 0.15) is 21.1 Å². The number of nitrogens with one attached hydrogen (secondary N) is 1. The lowest BCUT2D eigenvalue weighted by Gasteiger charge is -2.07. The number of hydrogen-bond acceptors (Lipinski definition) is 4. The molecule has 0 radical (unpaired) electrons. The Morgan fingerprint density at radius 1 is 1.53 bits per heavy atom. The third kappa shape index (κ3) is 3.68. The molecule has 0 unspecified atom stereocenters. The van der Waals surface area contributed by atoms with Gasteiger partial charge in [-0.05, 0) is 25.1 Å². The van der Waals surface area contributed by atoms with Crippen molar-refractivity contribution in [2.24, 2.45) is 0 Å². The van der Waals surface area contributed by atoms with Crippen LogP contribution in [0.2, 0.25) is 5.02 Å². The number of aryl methyl sites for hydroxylation is 1. The minimum Gasteiger partial charge on any atom is -0.478 e. The Balaban J connectivity index is 1.93. The van der Waals surface area contributed by atoms with E-state index >= 15 is 0 Å². The first-order chi connectivity index (χ1) is 9.06. The number of rotatable bonds is 5. The van der Waals surface area contributed by atoms with Crippen molar-refractivity contribution in [3.8, 4) is 0 Å². The molecule has 0 atom stereocenters. The summed E-state index contributed by atoms with van der Waals surface area (Å²) in [7, 11) is 0. The van der Waals surface area contributed by atoms with E-state index in [4.69, 9.17) is 16.7 Å². The largest absolute Gasteiger partial charge is 0.478 e. The van der Waals surface area contributed by atoms with Crippen molar-refractivity contribution in [3.63, 3.8) is 0 Å². The summed E-state index contributed by atoms with van der Waals surface area (Å²) in [5.74, 6) is -1.02. The third-order valence-corrected chi connectivity index (χ3v) is 3.87.